The summed E-state index contributed by atoms with van der Waals surface area (Å²) < 4.78 is 4.83. The number of methoxy groups -OCH3 is 1. The molecule has 0 bridgehead atoms. The van der Waals surface area contributed by atoms with Gasteiger partial charge in [-0.1, -0.05) is 24.6 Å². The molecule has 0 aromatic carbocycles. The lowest BCUT2D eigenvalue weighted by atomic mass is 9.46. The van der Waals surface area contributed by atoms with Gasteiger partial charge in [-0.2, -0.15) is 0 Å². The van der Waals surface area contributed by atoms with Crippen LogP contribution in [0.4, 0.5) is 0 Å². The van der Waals surface area contributed by atoms with Crippen LogP contribution in [0.3, 0.4) is 0 Å². The summed E-state index contributed by atoms with van der Waals surface area (Å²) >= 11 is 0. The van der Waals surface area contributed by atoms with Gasteiger partial charge in [-0.25, -0.2) is 4.79 Å². The van der Waals surface area contributed by atoms with Crippen molar-refractivity contribution in [3.63, 3.8) is 0 Å². The first-order valence-corrected chi connectivity index (χ1v) is 14.0. The number of nitrogens with zero attached hydrogens (tertiary/aromatic N) is 2. The summed E-state index contributed by atoms with van der Waals surface area (Å²) in [5.74, 6) is 2.13. The molecule has 4 aliphatic carbocycles. The minimum absolute atomic E-state index is 0.153. The Balaban J connectivity index is 1.23. The molecule has 1 heterocycles. The number of carbonyl (C=O) groups excluding carboxylic acids is 3. The standard InChI is InChI=1S/C29H42N2O5/c1-18(32)22-9-10-23-21-8-7-19-16-20(11-13-28(19,2)24(21)12-14-29(22,23)3)30-36-17-26(33)31-15-5-6-25(31)27(34)35-4/h16,21-25H,5-15,17H2,1-4H3/b30-20-/t21?,22?,23?,24?,25?,28-,29+/m0/s1. The molecule has 7 atom stereocenters. The summed E-state index contributed by atoms with van der Waals surface area (Å²) in [5.41, 5.74) is 2.78. The topological polar surface area (TPSA) is 85.3 Å². The maximum atomic E-state index is 12.6. The van der Waals surface area contributed by atoms with Crippen molar-refractivity contribution in [3.8, 4) is 0 Å². The van der Waals surface area contributed by atoms with Gasteiger partial charge in [0.15, 0.2) is 6.61 Å². The molecule has 36 heavy (non-hydrogen) atoms. The van der Waals surface area contributed by atoms with E-state index in [2.05, 4.69) is 25.1 Å². The number of ether oxygens (including phenoxy) is 1. The van der Waals surface area contributed by atoms with Gasteiger partial charge in [0.25, 0.3) is 5.91 Å². The summed E-state index contributed by atoms with van der Waals surface area (Å²) in [4.78, 5) is 44.0. The highest BCUT2D eigenvalue weighted by Gasteiger charge is 2.59. The minimum atomic E-state index is -0.505. The molecular weight excluding hydrogens is 456 g/mol. The molecule has 0 N–H and O–H groups in total. The molecule has 3 saturated carbocycles. The van der Waals surface area contributed by atoms with Crippen LogP contribution < -0.4 is 0 Å². The summed E-state index contributed by atoms with van der Waals surface area (Å²) in [6.07, 6.45) is 12.5. The Morgan fingerprint density at radius 1 is 1.06 bits per heavy atom. The Kier molecular flexibility index (Phi) is 6.80. The molecule has 4 fully saturated rings. The van der Waals surface area contributed by atoms with Gasteiger partial charge in [0.2, 0.25) is 0 Å². The van der Waals surface area contributed by atoms with Crippen molar-refractivity contribution in [2.24, 2.45) is 39.7 Å². The summed E-state index contributed by atoms with van der Waals surface area (Å²) in [6.45, 7) is 7.06. The Morgan fingerprint density at radius 3 is 2.61 bits per heavy atom. The van der Waals surface area contributed by atoms with Crippen molar-refractivity contribution >= 4 is 23.4 Å². The van der Waals surface area contributed by atoms with Crippen LogP contribution in [0.2, 0.25) is 0 Å². The van der Waals surface area contributed by atoms with E-state index in [1.54, 1.807) is 11.8 Å². The van der Waals surface area contributed by atoms with Crippen LogP contribution in [0.5, 0.6) is 0 Å². The number of ketones is 1. The number of rotatable bonds is 5. The van der Waals surface area contributed by atoms with E-state index in [0.29, 0.717) is 36.5 Å². The number of fused-ring (bicyclic) bond motifs is 5. The normalized spacial score (nSPS) is 40.7. The van der Waals surface area contributed by atoms with E-state index in [1.165, 1.54) is 38.4 Å². The van der Waals surface area contributed by atoms with Gasteiger partial charge < -0.3 is 14.5 Å². The van der Waals surface area contributed by atoms with E-state index in [1.807, 2.05) is 0 Å². The fourth-order valence-corrected chi connectivity index (χ4v) is 9.01. The molecular formula is C29H42N2O5. The Bertz CT molecular complexity index is 988. The predicted molar refractivity (Wildman–Crippen MR) is 136 cm³/mol. The van der Waals surface area contributed by atoms with Crippen molar-refractivity contribution in [1.82, 2.24) is 4.90 Å². The zero-order valence-corrected chi connectivity index (χ0v) is 22.4. The number of Topliss-reactive ketones (excluding diaryl/α,β-unsaturated/α-hetero) is 1. The molecule has 1 aliphatic heterocycles. The van der Waals surface area contributed by atoms with E-state index in [4.69, 9.17) is 9.57 Å². The molecule has 0 radical (unpaired) electrons. The second-order valence-corrected chi connectivity index (χ2v) is 12.4. The monoisotopic (exact) mass is 498 g/mol. The number of allylic oxidation sites excluding steroid dienone is 2. The van der Waals surface area contributed by atoms with Gasteiger partial charge in [0.05, 0.1) is 12.8 Å². The van der Waals surface area contributed by atoms with E-state index < -0.39 is 6.04 Å². The zero-order chi connectivity index (χ0) is 25.7. The average molecular weight is 499 g/mol. The number of likely N-dealkylation sites (tertiary alicyclic amines) is 1. The van der Waals surface area contributed by atoms with Gasteiger partial charge in [0, 0.05) is 12.5 Å². The molecule has 7 nitrogen and oxygen atoms in total. The number of hydrogen-bond acceptors (Lipinski definition) is 6. The molecule has 5 rings (SSSR count). The molecule has 7 heteroatoms. The zero-order valence-electron chi connectivity index (χ0n) is 22.4. The van der Waals surface area contributed by atoms with Crippen LogP contribution in [-0.2, 0) is 24.0 Å². The van der Waals surface area contributed by atoms with Crippen molar-refractivity contribution < 1.29 is 24.0 Å². The van der Waals surface area contributed by atoms with Crippen LogP contribution in [0.15, 0.2) is 16.8 Å². The van der Waals surface area contributed by atoms with Gasteiger partial charge in [0.1, 0.15) is 11.8 Å². The van der Waals surface area contributed by atoms with E-state index in [9.17, 15) is 14.4 Å². The highest BCUT2D eigenvalue weighted by atomic mass is 16.6. The van der Waals surface area contributed by atoms with Crippen molar-refractivity contribution in [1.29, 1.82) is 0 Å². The number of esters is 1. The number of oxime groups is 1. The second kappa shape index (κ2) is 9.60. The molecule has 0 spiro atoms. The maximum absolute atomic E-state index is 12.6. The first-order chi connectivity index (χ1) is 17.2. The number of carbonyl (C=O) groups is 3. The number of amides is 1. The Hall–Kier alpha value is -2.18. The third-order valence-corrected chi connectivity index (χ3v) is 10.9. The number of hydrogen-bond donors (Lipinski definition) is 0. The first-order valence-electron chi connectivity index (χ1n) is 14.0. The smallest absolute Gasteiger partial charge is 0.328 e. The van der Waals surface area contributed by atoms with Gasteiger partial charge in [-0.05, 0) is 106 Å². The van der Waals surface area contributed by atoms with Gasteiger partial charge >= 0.3 is 5.97 Å². The quantitative estimate of drug-likeness (QED) is 0.405. The Labute approximate surface area is 215 Å². The molecule has 1 amide bonds. The SMILES string of the molecule is COC(=O)C1CCCN1C(=O)CO/N=C1\C=C2CCC3C4CCC(C(C)=O)[C@@]4(C)CCC3[C@@]2(C)CC1. The van der Waals surface area contributed by atoms with E-state index in [0.717, 1.165) is 37.8 Å². The molecule has 5 unspecified atom stereocenters. The molecule has 0 aromatic heterocycles. The first kappa shape index (κ1) is 25.5. The lowest BCUT2D eigenvalue weighted by Crippen LogP contribution is -2.51. The lowest BCUT2D eigenvalue weighted by Gasteiger charge is -2.58. The van der Waals surface area contributed by atoms with Gasteiger partial charge in [-0.15, -0.1) is 0 Å². The van der Waals surface area contributed by atoms with Crippen LogP contribution >= 0.6 is 0 Å². The van der Waals surface area contributed by atoms with Crippen LogP contribution in [0.25, 0.3) is 0 Å². The molecule has 5 aliphatic rings. The third kappa shape index (κ3) is 4.10. The summed E-state index contributed by atoms with van der Waals surface area (Å²) in [6, 6.07) is -0.505. The lowest BCUT2D eigenvalue weighted by molar-refractivity contribution is -0.152. The fraction of sp³-hybridized carbons (Fsp3) is 0.793. The molecule has 198 valence electrons. The second-order valence-electron chi connectivity index (χ2n) is 12.4. The third-order valence-electron chi connectivity index (χ3n) is 10.9. The highest BCUT2D eigenvalue weighted by molar-refractivity contribution is 5.96. The predicted octanol–water partition coefficient (Wildman–Crippen LogP) is 4.69. The molecule has 1 saturated heterocycles. The summed E-state index contributed by atoms with van der Waals surface area (Å²) in [7, 11) is 1.35. The maximum Gasteiger partial charge on any atom is 0.328 e. The summed E-state index contributed by atoms with van der Waals surface area (Å²) in [5, 5.41) is 4.34. The average Bonchev–Trinajstić information content (AvgIpc) is 3.48. The van der Waals surface area contributed by atoms with Crippen molar-refractivity contribution in [2.45, 2.75) is 91.0 Å². The van der Waals surface area contributed by atoms with E-state index >= 15 is 0 Å². The Morgan fingerprint density at radius 2 is 1.86 bits per heavy atom. The minimum Gasteiger partial charge on any atom is -0.467 e. The van der Waals surface area contributed by atoms with Crippen LogP contribution in [0.1, 0.15) is 85.0 Å². The molecule has 0 aromatic rings. The van der Waals surface area contributed by atoms with Gasteiger partial charge in [-0.3, -0.25) is 9.59 Å². The fourth-order valence-electron chi connectivity index (χ4n) is 9.01. The van der Waals surface area contributed by atoms with Crippen LogP contribution in [-0.4, -0.2) is 54.6 Å². The van der Waals surface area contributed by atoms with E-state index in [-0.39, 0.29) is 35.2 Å². The highest BCUT2D eigenvalue weighted by Crippen LogP contribution is 2.66. The largest absolute Gasteiger partial charge is 0.467 e. The van der Waals surface area contributed by atoms with Crippen molar-refractivity contribution in [3.05, 3.63) is 11.6 Å². The van der Waals surface area contributed by atoms with Crippen LogP contribution in [0, 0.1) is 34.5 Å². The van der Waals surface area contributed by atoms with Crippen molar-refractivity contribution in [2.75, 3.05) is 20.3 Å².